The van der Waals surface area contributed by atoms with Gasteiger partial charge < -0.3 is 5.32 Å². The number of halogens is 3. The SMILES string of the molecule is CNC(Cc1cccc(C(F)(F)F)n1)C(C)C. The predicted molar refractivity (Wildman–Crippen MR) is 60.6 cm³/mol. The first-order valence-electron chi connectivity index (χ1n) is 5.55. The molecule has 0 aliphatic rings. The third kappa shape index (κ3) is 4.00. The van der Waals surface area contributed by atoms with Crippen molar-refractivity contribution in [3.8, 4) is 0 Å². The van der Waals surface area contributed by atoms with Gasteiger partial charge >= 0.3 is 6.18 Å². The summed E-state index contributed by atoms with van der Waals surface area (Å²) in [7, 11) is 1.80. The second-order valence-corrected chi connectivity index (χ2v) is 4.36. The number of nitrogens with one attached hydrogen (secondary N) is 1. The van der Waals surface area contributed by atoms with E-state index >= 15 is 0 Å². The summed E-state index contributed by atoms with van der Waals surface area (Å²) in [5.74, 6) is 0.344. The van der Waals surface area contributed by atoms with Gasteiger partial charge in [-0.15, -0.1) is 0 Å². The molecule has 0 saturated heterocycles. The molecule has 0 bridgehead atoms. The Hall–Kier alpha value is -1.10. The summed E-state index contributed by atoms with van der Waals surface area (Å²) < 4.78 is 37.4. The van der Waals surface area contributed by atoms with Crippen LogP contribution in [0.5, 0.6) is 0 Å². The lowest BCUT2D eigenvalue weighted by Gasteiger charge is -2.20. The van der Waals surface area contributed by atoms with E-state index in [4.69, 9.17) is 0 Å². The zero-order chi connectivity index (χ0) is 13.1. The number of nitrogens with zero attached hydrogens (tertiary/aromatic N) is 1. The van der Waals surface area contributed by atoms with Gasteiger partial charge in [-0.05, 0) is 25.1 Å². The normalized spacial score (nSPS) is 14.1. The first-order chi connectivity index (χ1) is 7.84. The quantitative estimate of drug-likeness (QED) is 0.883. The van der Waals surface area contributed by atoms with E-state index in [1.54, 1.807) is 13.1 Å². The van der Waals surface area contributed by atoms with Gasteiger partial charge in [0.1, 0.15) is 5.69 Å². The van der Waals surface area contributed by atoms with Crippen LogP contribution in [0.2, 0.25) is 0 Å². The standard InChI is InChI=1S/C12H17F3N2/c1-8(2)10(16-3)7-9-5-4-6-11(17-9)12(13,14)15/h4-6,8,10,16H,7H2,1-3H3. The molecule has 2 nitrogen and oxygen atoms in total. The Kier molecular flexibility index (Phi) is 4.51. The summed E-state index contributed by atoms with van der Waals surface area (Å²) in [5.41, 5.74) is -0.360. The van der Waals surface area contributed by atoms with Crippen LogP contribution >= 0.6 is 0 Å². The van der Waals surface area contributed by atoms with Crippen molar-refractivity contribution in [2.75, 3.05) is 7.05 Å². The molecule has 0 aromatic carbocycles. The molecule has 0 spiro atoms. The summed E-state index contributed by atoms with van der Waals surface area (Å²) in [6, 6.07) is 4.15. The zero-order valence-corrected chi connectivity index (χ0v) is 10.2. The highest BCUT2D eigenvalue weighted by molar-refractivity contribution is 5.14. The van der Waals surface area contributed by atoms with Crippen LogP contribution in [-0.2, 0) is 12.6 Å². The average Bonchev–Trinajstić information content (AvgIpc) is 2.24. The number of likely N-dealkylation sites (N-methyl/N-ethyl adjacent to an activating group) is 1. The van der Waals surface area contributed by atoms with Gasteiger partial charge in [0.15, 0.2) is 0 Å². The largest absolute Gasteiger partial charge is 0.433 e. The van der Waals surface area contributed by atoms with Gasteiger partial charge in [0.2, 0.25) is 0 Å². The maximum atomic E-state index is 12.5. The average molecular weight is 246 g/mol. The third-order valence-corrected chi connectivity index (χ3v) is 2.70. The first-order valence-corrected chi connectivity index (χ1v) is 5.55. The number of pyridine rings is 1. The van der Waals surface area contributed by atoms with E-state index in [-0.39, 0.29) is 6.04 Å². The van der Waals surface area contributed by atoms with Crippen molar-refractivity contribution in [2.45, 2.75) is 32.5 Å². The zero-order valence-electron chi connectivity index (χ0n) is 10.2. The lowest BCUT2D eigenvalue weighted by atomic mass is 9.99. The van der Waals surface area contributed by atoms with Crippen LogP contribution < -0.4 is 5.32 Å². The van der Waals surface area contributed by atoms with Crippen molar-refractivity contribution in [1.29, 1.82) is 0 Å². The highest BCUT2D eigenvalue weighted by Gasteiger charge is 2.32. The van der Waals surface area contributed by atoms with Crippen molar-refractivity contribution < 1.29 is 13.2 Å². The van der Waals surface area contributed by atoms with Crippen LogP contribution in [0, 0.1) is 5.92 Å². The third-order valence-electron chi connectivity index (χ3n) is 2.70. The molecular formula is C12H17F3N2. The van der Waals surface area contributed by atoms with E-state index in [0.29, 0.717) is 18.0 Å². The monoisotopic (exact) mass is 246 g/mol. The molecule has 0 amide bonds. The minimum absolute atomic E-state index is 0.131. The van der Waals surface area contributed by atoms with Crippen LogP contribution in [0.1, 0.15) is 25.2 Å². The highest BCUT2D eigenvalue weighted by atomic mass is 19.4. The molecule has 1 N–H and O–H groups in total. The molecule has 5 heteroatoms. The van der Waals surface area contributed by atoms with E-state index in [9.17, 15) is 13.2 Å². The Labute approximate surface area is 99.3 Å². The molecule has 1 heterocycles. The number of alkyl halides is 3. The molecule has 0 fully saturated rings. The summed E-state index contributed by atoms with van der Waals surface area (Å²) in [6.45, 7) is 4.05. The molecule has 0 radical (unpaired) electrons. The smallest absolute Gasteiger partial charge is 0.316 e. The Bertz CT molecular complexity index is 361. The van der Waals surface area contributed by atoms with Gasteiger partial charge in [0.05, 0.1) is 0 Å². The fraction of sp³-hybridized carbons (Fsp3) is 0.583. The molecule has 0 aliphatic heterocycles. The Balaban J connectivity index is 2.85. The van der Waals surface area contributed by atoms with Crippen LogP contribution in [-0.4, -0.2) is 18.1 Å². The summed E-state index contributed by atoms with van der Waals surface area (Å²) >= 11 is 0. The second kappa shape index (κ2) is 5.49. The molecule has 0 aliphatic carbocycles. The van der Waals surface area contributed by atoms with Gasteiger partial charge in [0, 0.05) is 18.2 Å². The minimum atomic E-state index is -4.37. The lowest BCUT2D eigenvalue weighted by Crippen LogP contribution is -2.33. The van der Waals surface area contributed by atoms with Gasteiger partial charge in [-0.1, -0.05) is 19.9 Å². The fourth-order valence-corrected chi connectivity index (χ4v) is 1.65. The minimum Gasteiger partial charge on any atom is -0.316 e. The number of hydrogen-bond acceptors (Lipinski definition) is 2. The second-order valence-electron chi connectivity index (χ2n) is 4.36. The maximum Gasteiger partial charge on any atom is 0.433 e. The van der Waals surface area contributed by atoms with Crippen molar-refractivity contribution in [3.63, 3.8) is 0 Å². The predicted octanol–water partition coefficient (Wildman–Crippen LogP) is 2.89. The van der Waals surface area contributed by atoms with E-state index < -0.39 is 11.9 Å². The highest BCUT2D eigenvalue weighted by Crippen LogP contribution is 2.27. The van der Waals surface area contributed by atoms with Gasteiger partial charge in [0.25, 0.3) is 0 Å². The molecule has 1 aromatic rings. The van der Waals surface area contributed by atoms with Crippen LogP contribution in [0.4, 0.5) is 13.2 Å². The number of hydrogen-bond donors (Lipinski definition) is 1. The molecular weight excluding hydrogens is 229 g/mol. The van der Waals surface area contributed by atoms with Gasteiger partial charge in [-0.25, -0.2) is 4.98 Å². The number of aromatic nitrogens is 1. The van der Waals surface area contributed by atoms with Crippen LogP contribution in [0.15, 0.2) is 18.2 Å². The fourth-order valence-electron chi connectivity index (χ4n) is 1.65. The summed E-state index contributed by atoms with van der Waals surface area (Å²) in [4.78, 5) is 3.65. The molecule has 1 atom stereocenters. The van der Waals surface area contributed by atoms with Gasteiger partial charge in [-0.3, -0.25) is 0 Å². The van der Waals surface area contributed by atoms with Crippen molar-refractivity contribution in [2.24, 2.45) is 5.92 Å². The summed E-state index contributed by atoms with van der Waals surface area (Å²) in [6.07, 6.45) is -3.87. The molecule has 96 valence electrons. The Morgan fingerprint density at radius 1 is 1.29 bits per heavy atom. The van der Waals surface area contributed by atoms with E-state index in [2.05, 4.69) is 10.3 Å². The van der Waals surface area contributed by atoms with E-state index in [1.807, 2.05) is 13.8 Å². The Morgan fingerprint density at radius 2 is 1.94 bits per heavy atom. The lowest BCUT2D eigenvalue weighted by molar-refractivity contribution is -0.141. The molecule has 17 heavy (non-hydrogen) atoms. The van der Waals surface area contributed by atoms with Crippen LogP contribution in [0.25, 0.3) is 0 Å². The molecule has 1 rings (SSSR count). The molecule has 0 saturated carbocycles. The topological polar surface area (TPSA) is 24.9 Å². The Morgan fingerprint density at radius 3 is 2.41 bits per heavy atom. The van der Waals surface area contributed by atoms with Crippen molar-refractivity contribution >= 4 is 0 Å². The van der Waals surface area contributed by atoms with E-state index in [0.717, 1.165) is 6.07 Å². The van der Waals surface area contributed by atoms with Crippen molar-refractivity contribution in [3.05, 3.63) is 29.6 Å². The maximum absolute atomic E-state index is 12.5. The van der Waals surface area contributed by atoms with E-state index in [1.165, 1.54) is 6.07 Å². The van der Waals surface area contributed by atoms with Crippen LogP contribution in [0.3, 0.4) is 0 Å². The van der Waals surface area contributed by atoms with Gasteiger partial charge in [-0.2, -0.15) is 13.2 Å². The number of rotatable bonds is 4. The summed E-state index contributed by atoms with van der Waals surface area (Å²) in [5, 5.41) is 3.09. The first kappa shape index (κ1) is 14.0. The molecule has 1 unspecified atom stereocenters. The van der Waals surface area contributed by atoms with Crippen molar-refractivity contribution in [1.82, 2.24) is 10.3 Å². The molecule has 1 aromatic heterocycles.